The first kappa shape index (κ1) is 19.3. The highest BCUT2D eigenvalue weighted by Crippen LogP contribution is 2.60. The zero-order valence-corrected chi connectivity index (χ0v) is 16.6. The van der Waals surface area contributed by atoms with E-state index in [1.165, 1.54) is 0 Å². The standard InChI is InChI=1S/C21H28O4S/c1-16-6-8-19(9-7-16)26(23,24)25-14-13-21-12-10-18(22)15-20(21,3)11-4-5-17(21)2/h6-10,12,17H,4-5,11,13-15H2,1-3H3/t17-,20-,21-/m0/s1. The molecule has 0 aromatic heterocycles. The van der Waals surface area contributed by atoms with Crippen molar-refractivity contribution >= 4 is 15.9 Å². The van der Waals surface area contributed by atoms with E-state index in [1.54, 1.807) is 30.3 Å². The number of carbonyl (C=O) groups excluding carboxylic acids is 1. The van der Waals surface area contributed by atoms with Gasteiger partial charge in [0, 0.05) is 6.42 Å². The normalized spacial score (nSPS) is 31.7. The minimum atomic E-state index is -3.76. The minimum absolute atomic E-state index is 0.118. The summed E-state index contributed by atoms with van der Waals surface area (Å²) in [7, 11) is -3.76. The quantitative estimate of drug-likeness (QED) is 0.713. The van der Waals surface area contributed by atoms with Gasteiger partial charge >= 0.3 is 0 Å². The van der Waals surface area contributed by atoms with Crippen LogP contribution in [0, 0.1) is 23.7 Å². The summed E-state index contributed by atoms with van der Waals surface area (Å²) in [6, 6.07) is 6.69. The molecule has 142 valence electrons. The Morgan fingerprint density at radius 2 is 1.92 bits per heavy atom. The van der Waals surface area contributed by atoms with Gasteiger partial charge in [0.05, 0.1) is 11.5 Å². The third-order valence-corrected chi connectivity index (χ3v) is 7.89. The summed E-state index contributed by atoms with van der Waals surface area (Å²) in [6.45, 7) is 6.44. The lowest BCUT2D eigenvalue weighted by molar-refractivity contribution is -0.123. The molecule has 0 saturated heterocycles. The molecular formula is C21H28O4S. The van der Waals surface area contributed by atoms with E-state index in [0.717, 1.165) is 24.8 Å². The molecule has 0 aliphatic heterocycles. The maximum Gasteiger partial charge on any atom is 0.296 e. The average molecular weight is 377 g/mol. The number of ketones is 1. The molecule has 0 heterocycles. The highest BCUT2D eigenvalue weighted by molar-refractivity contribution is 7.86. The van der Waals surface area contributed by atoms with Crippen LogP contribution in [0.3, 0.4) is 0 Å². The van der Waals surface area contributed by atoms with Gasteiger partial charge in [0.2, 0.25) is 0 Å². The maximum absolute atomic E-state index is 12.5. The van der Waals surface area contributed by atoms with Gasteiger partial charge in [0.15, 0.2) is 5.78 Å². The molecule has 1 saturated carbocycles. The van der Waals surface area contributed by atoms with Gasteiger partial charge in [-0.25, -0.2) is 0 Å². The number of hydrogen-bond acceptors (Lipinski definition) is 4. The summed E-state index contributed by atoms with van der Waals surface area (Å²) in [5.74, 6) is 0.571. The molecular weight excluding hydrogens is 348 g/mol. The van der Waals surface area contributed by atoms with Gasteiger partial charge in [-0.05, 0) is 61.1 Å². The van der Waals surface area contributed by atoms with Gasteiger partial charge in [0.25, 0.3) is 10.1 Å². The van der Waals surface area contributed by atoms with Crippen molar-refractivity contribution in [3.63, 3.8) is 0 Å². The fraction of sp³-hybridized carbons (Fsp3) is 0.571. The number of benzene rings is 1. The number of hydrogen-bond donors (Lipinski definition) is 0. The zero-order chi connectivity index (χ0) is 19.0. The number of rotatable bonds is 5. The number of fused-ring (bicyclic) bond motifs is 1. The molecule has 4 nitrogen and oxygen atoms in total. The van der Waals surface area contributed by atoms with Crippen LogP contribution in [-0.2, 0) is 19.1 Å². The lowest BCUT2D eigenvalue weighted by Gasteiger charge is -2.56. The van der Waals surface area contributed by atoms with Crippen molar-refractivity contribution in [2.24, 2.45) is 16.7 Å². The largest absolute Gasteiger partial charge is 0.296 e. The monoisotopic (exact) mass is 376 g/mol. The third-order valence-electron chi connectivity index (χ3n) is 6.56. The fourth-order valence-electron chi connectivity index (χ4n) is 4.91. The van der Waals surface area contributed by atoms with E-state index in [4.69, 9.17) is 4.18 Å². The smallest absolute Gasteiger partial charge is 0.295 e. The lowest BCUT2D eigenvalue weighted by Crippen LogP contribution is -2.50. The van der Waals surface area contributed by atoms with Crippen molar-refractivity contribution in [2.45, 2.75) is 57.8 Å². The van der Waals surface area contributed by atoms with E-state index < -0.39 is 10.1 Å². The Labute approximate surface area is 156 Å². The van der Waals surface area contributed by atoms with E-state index in [0.29, 0.717) is 18.8 Å². The highest BCUT2D eigenvalue weighted by Gasteiger charge is 2.53. The summed E-state index contributed by atoms with van der Waals surface area (Å²) >= 11 is 0. The fourth-order valence-corrected chi connectivity index (χ4v) is 5.82. The van der Waals surface area contributed by atoms with Crippen LogP contribution < -0.4 is 0 Å². The highest BCUT2D eigenvalue weighted by atomic mass is 32.2. The molecule has 1 fully saturated rings. The first-order chi connectivity index (χ1) is 12.2. The van der Waals surface area contributed by atoms with E-state index >= 15 is 0 Å². The predicted molar refractivity (Wildman–Crippen MR) is 101 cm³/mol. The molecule has 26 heavy (non-hydrogen) atoms. The molecule has 3 atom stereocenters. The Morgan fingerprint density at radius 1 is 1.23 bits per heavy atom. The molecule has 1 aromatic carbocycles. The molecule has 2 aliphatic carbocycles. The topological polar surface area (TPSA) is 60.4 Å². The molecule has 0 N–H and O–H groups in total. The minimum Gasteiger partial charge on any atom is -0.295 e. The Morgan fingerprint density at radius 3 is 2.62 bits per heavy atom. The summed E-state index contributed by atoms with van der Waals surface area (Å²) in [5, 5.41) is 0. The first-order valence-electron chi connectivity index (χ1n) is 9.37. The van der Waals surface area contributed by atoms with E-state index in [-0.39, 0.29) is 28.1 Å². The van der Waals surface area contributed by atoms with Crippen molar-refractivity contribution in [3.8, 4) is 0 Å². The second-order valence-corrected chi connectivity index (χ2v) is 9.83. The molecule has 0 radical (unpaired) electrons. The van der Waals surface area contributed by atoms with Crippen LogP contribution in [0.25, 0.3) is 0 Å². The van der Waals surface area contributed by atoms with Crippen LogP contribution in [-0.4, -0.2) is 20.8 Å². The van der Waals surface area contributed by atoms with Crippen LogP contribution in [0.5, 0.6) is 0 Å². The molecule has 1 aromatic rings. The van der Waals surface area contributed by atoms with Gasteiger partial charge < -0.3 is 0 Å². The molecule has 0 unspecified atom stereocenters. The van der Waals surface area contributed by atoms with Crippen LogP contribution in [0.1, 0.15) is 51.5 Å². The van der Waals surface area contributed by atoms with Gasteiger partial charge in [-0.2, -0.15) is 8.42 Å². The predicted octanol–water partition coefficient (Wildman–Crippen LogP) is 4.43. The molecule has 2 aliphatic rings. The van der Waals surface area contributed by atoms with Crippen LogP contribution >= 0.6 is 0 Å². The average Bonchev–Trinajstić information content (AvgIpc) is 2.56. The summed E-state index contributed by atoms with van der Waals surface area (Å²) in [4.78, 5) is 12.2. The Hall–Kier alpha value is -1.46. The van der Waals surface area contributed by atoms with Crippen molar-refractivity contribution in [3.05, 3.63) is 42.0 Å². The van der Waals surface area contributed by atoms with E-state index in [1.807, 2.05) is 13.0 Å². The SMILES string of the molecule is Cc1ccc(S(=O)(=O)OCC[C@]23C=CC(=O)C[C@]2(C)CCC[C@@H]3C)cc1. The maximum atomic E-state index is 12.5. The van der Waals surface area contributed by atoms with Gasteiger partial charge in [-0.1, -0.05) is 44.0 Å². The Kier molecular flexibility index (Phi) is 5.15. The van der Waals surface area contributed by atoms with Crippen molar-refractivity contribution < 1.29 is 17.4 Å². The van der Waals surface area contributed by atoms with E-state index in [9.17, 15) is 13.2 Å². The number of carbonyl (C=O) groups is 1. The van der Waals surface area contributed by atoms with E-state index in [2.05, 4.69) is 13.8 Å². The second kappa shape index (κ2) is 6.93. The molecule has 0 amide bonds. The van der Waals surface area contributed by atoms with Gasteiger partial charge in [0.1, 0.15) is 0 Å². The Bertz CT molecular complexity index is 809. The van der Waals surface area contributed by atoms with Crippen LogP contribution in [0.4, 0.5) is 0 Å². The van der Waals surface area contributed by atoms with Gasteiger partial charge in [-0.15, -0.1) is 0 Å². The summed E-state index contributed by atoms with van der Waals surface area (Å²) < 4.78 is 30.3. The third kappa shape index (κ3) is 3.39. The number of aryl methyl sites for hydroxylation is 1. The van der Waals surface area contributed by atoms with Gasteiger partial charge in [-0.3, -0.25) is 8.98 Å². The second-order valence-electron chi connectivity index (χ2n) is 8.21. The molecule has 5 heteroatoms. The van der Waals surface area contributed by atoms with Crippen LogP contribution in [0.2, 0.25) is 0 Å². The zero-order valence-electron chi connectivity index (χ0n) is 15.8. The molecule has 0 bridgehead atoms. The van der Waals surface area contributed by atoms with Crippen molar-refractivity contribution in [2.75, 3.05) is 6.61 Å². The first-order valence-corrected chi connectivity index (χ1v) is 10.8. The van der Waals surface area contributed by atoms with Crippen LogP contribution in [0.15, 0.2) is 41.3 Å². The lowest BCUT2D eigenvalue weighted by atomic mass is 9.48. The summed E-state index contributed by atoms with van der Waals surface area (Å²) in [5.41, 5.74) is 0.710. The Balaban J connectivity index is 1.77. The summed E-state index contributed by atoms with van der Waals surface area (Å²) in [6.07, 6.45) is 8.10. The number of allylic oxidation sites excluding steroid dienone is 2. The molecule has 0 spiro atoms. The van der Waals surface area contributed by atoms with Crippen molar-refractivity contribution in [1.82, 2.24) is 0 Å². The van der Waals surface area contributed by atoms with Crippen molar-refractivity contribution in [1.29, 1.82) is 0 Å². The molecule has 3 rings (SSSR count).